The molecule has 7 heteroatoms. The van der Waals surface area contributed by atoms with E-state index in [0.29, 0.717) is 0 Å². The quantitative estimate of drug-likeness (QED) is 0.399. The van der Waals surface area contributed by atoms with Crippen molar-refractivity contribution >= 4 is 21.7 Å². The molecule has 0 amide bonds. The van der Waals surface area contributed by atoms with Crippen molar-refractivity contribution < 1.29 is 68.8 Å². The predicted molar refractivity (Wildman–Crippen MR) is 31.7 cm³/mol. The summed E-state index contributed by atoms with van der Waals surface area (Å²) in [6.45, 7) is 0. The van der Waals surface area contributed by atoms with Crippen LogP contribution >= 0.6 is 11.6 Å². The van der Waals surface area contributed by atoms with Crippen LogP contribution in [0.5, 0.6) is 0 Å². The van der Waals surface area contributed by atoms with Crippen molar-refractivity contribution in [2.75, 3.05) is 0 Å². The molecule has 0 atom stereocenters. The summed E-state index contributed by atoms with van der Waals surface area (Å²) in [7, 11) is -4.47. The van der Waals surface area contributed by atoms with Crippen LogP contribution in [-0.4, -0.2) is 13.0 Å². The van der Waals surface area contributed by atoms with E-state index >= 15 is 0 Å². The summed E-state index contributed by atoms with van der Waals surface area (Å²) < 4.78 is 35.0. The molecule has 1 rings (SSSR count). The fourth-order valence-electron chi connectivity index (χ4n) is 0.461. The second kappa shape index (κ2) is 4.38. The van der Waals surface area contributed by atoms with Gasteiger partial charge in [0, 0.05) is 0 Å². The molecule has 0 saturated carbocycles. The Hall–Kier alpha value is 1.12. The third kappa shape index (κ3) is 3.15. The van der Waals surface area contributed by atoms with Gasteiger partial charge < -0.3 is 8.97 Å². The van der Waals surface area contributed by atoms with Crippen molar-refractivity contribution in [3.8, 4) is 0 Å². The third-order valence-corrected chi connectivity index (χ3v) is 2.12. The number of hydrogen-bond donors (Lipinski definition) is 0. The van der Waals surface area contributed by atoms with E-state index in [-0.39, 0.29) is 51.4 Å². The van der Waals surface area contributed by atoms with E-state index < -0.39 is 20.2 Å². The molecule has 1 aromatic rings. The molecule has 1 aromatic heterocycles. The normalized spacial score (nSPS) is 10.7. The SMILES string of the molecule is O=S(=O)([O-])c1ccoc1Cl.[K+]. The topological polar surface area (TPSA) is 70.3 Å². The Morgan fingerprint density at radius 3 is 2.27 bits per heavy atom. The van der Waals surface area contributed by atoms with Crippen LogP contribution in [0.3, 0.4) is 0 Å². The minimum absolute atomic E-state index is 0. The summed E-state index contributed by atoms with van der Waals surface area (Å²) in [5.41, 5.74) is 0. The van der Waals surface area contributed by atoms with Gasteiger partial charge in [0.1, 0.15) is 15.0 Å². The Morgan fingerprint density at radius 2 is 2.09 bits per heavy atom. The molecule has 0 aliphatic rings. The van der Waals surface area contributed by atoms with Crippen LogP contribution in [0.15, 0.2) is 21.6 Å². The second-order valence-electron chi connectivity index (χ2n) is 1.51. The molecule has 4 nitrogen and oxygen atoms in total. The van der Waals surface area contributed by atoms with E-state index in [1.165, 1.54) is 0 Å². The van der Waals surface area contributed by atoms with Crippen LogP contribution in [0.4, 0.5) is 0 Å². The Labute approximate surface area is 111 Å². The maximum Gasteiger partial charge on any atom is 1.00 e. The fraction of sp³-hybridized carbons (Fsp3) is 0. The van der Waals surface area contributed by atoms with Crippen LogP contribution < -0.4 is 51.4 Å². The van der Waals surface area contributed by atoms with Crippen LogP contribution in [-0.2, 0) is 10.1 Å². The average Bonchev–Trinajstić information content (AvgIpc) is 2.11. The first kappa shape index (κ1) is 12.1. The number of hydrogen-bond acceptors (Lipinski definition) is 4. The van der Waals surface area contributed by atoms with Gasteiger partial charge in [-0.3, -0.25) is 0 Å². The standard InChI is InChI=1S/C4H3ClO4S.K/c5-4-3(1-2-9-4)10(6,7)8;/h1-2H,(H,6,7,8);/q;+1/p-1. The van der Waals surface area contributed by atoms with Gasteiger partial charge in [-0.15, -0.1) is 0 Å². The molecule has 0 aliphatic heterocycles. The molecular weight excluding hydrogens is 219 g/mol. The zero-order valence-electron chi connectivity index (χ0n) is 5.57. The minimum atomic E-state index is -4.47. The molecule has 56 valence electrons. The maximum atomic E-state index is 10.2. The average molecular weight is 221 g/mol. The van der Waals surface area contributed by atoms with Crippen molar-refractivity contribution in [3.05, 3.63) is 17.5 Å². The predicted octanol–water partition coefficient (Wildman–Crippen LogP) is -2.16. The van der Waals surface area contributed by atoms with Crippen LogP contribution in [0.1, 0.15) is 0 Å². The molecule has 11 heavy (non-hydrogen) atoms. The van der Waals surface area contributed by atoms with Gasteiger partial charge in [-0.1, -0.05) is 0 Å². The maximum absolute atomic E-state index is 10.2. The minimum Gasteiger partial charge on any atom is -0.744 e. The Bertz CT molecular complexity index is 330. The van der Waals surface area contributed by atoms with Gasteiger partial charge in [-0.2, -0.15) is 0 Å². The Morgan fingerprint density at radius 1 is 1.55 bits per heavy atom. The van der Waals surface area contributed by atoms with Gasteiger partial charge in [-0.05, 0) is 17.7 Å². The monoisotopic (exact) mass is 220 g/mol. The molecule has 0 radical (unpaired) electrons. The van der Waals surface area contributed by atoms with E-state index in [9.17, 15) is 13.0 Å². The molecule has 1 heterocycles. The summed E-state index contributed by atoms with van der Waals surface area (Å²) >= 11 is 5.18. The number of rotatable bonds is 1. The zero-order valence-corrected chi connectivity index (χ0v) is 10.3. The number of furan rings is 1. The van der Waals surface area contributed by atoms with Gasteiger partial charge in [0.25, 0.3) is 0 Å². The molecule has 0 fully saturated rings. The molecule has 0 unspecified atom stereocenters. The van der Waals surface area contributed by atoms with Crippen LogP contribution in [0.2, 0.25) is 5.22 Å². The first-order chi connectivity index (χ1) is 4.52. The fourth-order valence-corrected chi connectivity index (χ4v) is 1.33. The summed E-state index contributed by atoms with van der Waals surface area (Å²) in [5, 5.41) is -0.394. The van der Waals surface area contributed by atoms with Crippen molar-refractivity contribution in [1.29, 1.82) is 0 Å². The van der Waals surface area contributed by atoms with Crippen molar-refractivity contribution in [1.82, 2.24) is 0 Å². The zero-order chi connectivity index (χ0) is 7.78. The first-order valence-corrected chi connectivity index (χ1v) is 3.99. The van der Waals surface area contributed by atoms with Crippen LogP contribution in [0, 0.1) is 0 Å². The van der Waals surface area contributed by atoms with Gasteiger partial charge in [0.15, 0.2) is 0 Å². The van der Waals surface area contributed by atoms with Crippen molar-refractivity contribution in [3.63, 3.8) is 0 Å². The summed E-state index contributed by atoms with van der Waals surface area (Å²) in [6, 6.07) is 1.00. The van der Waals surface area contributed by atoms with Gasteiger partial charge in [0.2, 0.25) is 5.22 Å². The van der Waals surface area contributed by atoms with Crippen LogP contribution in [0.25, 0.3) is 0 Å². The largest absolute Gasteiger partial charge is 1.00 e. The first-order valence-electron chi connectivity index (χ1n) is 2.20. The van der Waals surface area contributed by atoms with E-state index in [4.69, 9.17) is 11.6 Å². The molecular formula is C4H2ClKO4S. The van der Waals surface area contributed by atoms with Gasteiger partial charge in [0.05, 0.1) is 6.26 Å². The van der Waals surface area contributed by atoms with Gasteiger partial charge >= 0.3 is 51.4 Å². The van der Waals surface area contributed by atoms with Gasteiger partial charge in [-0.25, -0.2) is 8.42 Å². The van der Waals surface area contributed by atoms with E-state index in [0.717, 1.165) is 12.3 Å². The van der Waals surface area contributed by atoms with E-state index in [1.807, 2.05) is 0 Å². The molecule has 0 N–H and O–H groups in total. The molecule has 0 aliphatic carbocycles. The summed E-state index contributed by atoms with van der Waals surface area (Å²) in [4.78, 5) is -0.519. The Balaban J connectivity index is 0.000001000. The van der Waals surface area contributed by atoms with Crippen molar-refractivity contribution in [2.24, 2.45) is 0 Å². The number of halogens is 1. The smallest absolute Gasteiger partial charge is 0.744 e. The van der Waals surface area contributed by atoms with Crippen molar-refractivity contribution in [2.45, 2.75) is 4.90 Å². The second-order valence-corrected chi connectivity index (χ2v) is 3.20. The molecule has 0 bridgehead atoms. The third-order valence-electron chi connectivity index (χ3n) is 0.854. The molecule has 0 aromatic carbocycles. The summed E-state index contributed by atoms with van der Waals surface area (Å²) in [6.07, 6.45) is 1.03. The van der Waals surface area contributed by atoms with E-state index in [1.54, 1.807) is 0 Å². The Kier molecular flexibility index (Phi) is 4.82. The van der Waals surface area contributed by atoms with E-state index in [2.05, 4.69) is 4.42 Å². The molecule has 0 saturated heterocycles. The summed E-state index contributed by atoms with van der Waals surface area (Å²) in [5.74, 6) is 0. The molecule has 0 spiro atoms.